The Morgan fingerprint density at radius 1 is 1.19 bits per heavy atom. The van der Waals surface area contributed by atoms with E-state index in [2.05, 4.69) is 10.6 Å². The van der Waals surface area contributed by atoms with Crippen molar-refractivity contribution in [2.45, 2.75) is 26.4 Å². The molecule has 0 radical (unpaired) electrons. The van der Waals surface area contributed by atoms with Gasteiger partial charge in [0.25, 0.3) is 5.91 Å². The van der Waals surface area contributed by atoms with E-state index in [9.17, 15) is 19.8 Å². The van der Waals surface area contributed by atoms with Crippen LogP contribution in [-0.2, 0) is 9.59 Å². The summed E-state index contributed by atoms with van der Waals surface area (Å²) < 4.78 is 0. The average Bonchev–Trinajstić information content (AvgIpc) is 2.36. The molecule has 0 bridgehead atoms. The smallest absolute Gasteiger partial charge is 0.343 e. The molecule has 0 spiro atoms. The van der Waals surface area contributed by atoms with E-state index in [1.54, 1.807) is 44.2 Å². The van der Waals surface area contributed by atoms with Gasteiger partial charge in [-0.1, -0.05) is 18.2 Å². The van der Waals surface area contributed by atoms with Crippen LogP contribution in [0.5, 0.6) is 0 Å². The molecule has 0 saturated carbocycles. The van der Waals surface area contributed by atoms with E-state index in [-0.39, 0.29) is 17.8 Å². The number of carbonyl (C=O) groups is 2. The zero-order chi connectivity index (χ0) is 16.0. The molecule has 21 heavy (non-hydrogen) atoms. The van der Waals surface area contributed by atoms with Gasteiger partial charge in [0.2, 0.25) is 0 Å². The summed E-state index contributed by atoms with van der Waals surface area (Å²) in [5.41, 5.74) is -0.696. The highest BCUT2D eigenvalue weighted by molar-refractivity contribution is 6.21. The molecule has 1 aromatic rings. The standard InChI is InChI=1S/C15H20N2O4/c1-10(16-9-15(2,3)21)12(14(19)20)13(18)17-11-7-5-4-6-8-11/h4-8,16,21H,9H2,1-3H3,(H,17,18)(H,19,20)/b12-10+. The molecule has 0 aliphatic heterocycles. The number of anilines is 1. The molecule has 1 amide bonds. The number of nitrogens with one attached hydrogen (secondary N) is 2. The Morgan fingerprint density at radius 2 is 1.76 bits per heavy atom. The molecule has 0 fully saturated rings. The van der Waals surface area contributed by atoms with Crippen molar-refractivity contribution >= 4 is 17.6 Å². The first kappa shape index (κ1) is 16.7. The molecule has 0 aromatic heterocycles. The van der Waals surface area contributed by atoms with Gasteiger partial charge in [-0.15, -0.1) is 0 Å². The Labute approximate surface area is 123 Å². The first-order chi connectivity index (χ1) is 9.70. The van der Waals surface area contributed by atoms with Crippen molar-refractivity contribution in [3.05, 3.63) is 41.6 Å². The number of allylic oxidation sites excluding steroid dienone is 1. The molecule has 0 unspecified atom stereocenters. The van der Waals surface area contributed by atoms with Crippen molar-refractivity contribution in [1.29, 1.82) is 0 Å². The van der Waals surface area contributed by atoms with E-state index in [0.717, 1.165) is 0 Å². The van der Waals surface area contributed by atoms with Gasteiger partial charge in [-0.25, -0.2) is 4.79 Å². The number of aliphatic hydroxyl groups is 1. The summed E-state index contributed by atoms with van der Waals surface area (Å²) in [6.45, 7) is 4.78. The minimum Gasteiger partial charge on any atom is -0.477 e. The van der Waals surface area contributed by atoms with Crippen LogP contribution in [0.2, 0.25) is 0 Å². The predicted molar refractivity (Wildman–Crippen MR) is 79.7 cm³/mol. The summed E-state index contributed by atoms with van der Waals surface area (Å²) in [5.74, 6) is -2.04. The zero-order valence-corrected chi connectivity index (χ0v) is 12.3. The fourth-order valence-electron chi connectivity index (χ4n) is 1.58. The number of hydrogen-bond acceptors (Lipinski definition) is 4. The van der Waals surface area contributed by atoms with Gasteiger partial charge in [0.15, 0.2) is 0 Å². The lowest BCUT2D eigenvalue weighted by molar-refractivity contribution is -0.134. The van der Waals surface area contributed by atoms with Gasteiger partial charge in [0, 0.05) is 17.9 Å². The molecule has 0 aliphatic rings. The second-order valence-corrected chi connectivity index (χ2v) is 5.29. The lowest BCUT2D eigenvalue weighted by atomic mass is 10.1. The molecule has 1 rings (SSSR count). The summed E-state index contributed by atoms with van der Waals surface area (Å²) in [4.78, 5) is 23.3. The molecular formula is C15H20N2O4. The number of carboxylic acids is 1. The van der Waals surface area contributed by atoms with Crippen LogP contribution in [0.3, 0.4) is 0 Å². The fourth-order valence-corrected chi connectivity index (χ4v) is 1.58. The van der Waals surface area contributed by atoms with E-state index in [0.29, 0.717) is 5.69 Å². The van der Waals surface area contributed by atoms with E-state index >= 15 is 0 Å². The van der Waals surface area contributed by atoms with Gasteiger partial charge >= 0.3 is 5.97 Å². The molecule has 0 atom stereocenters. The monoisotopic (exact) mass is 292 g/mol. The van der Waals surface area contributed by atoms with E-state index in [4.69, 9.17) is 0 Å². The van der Waals surface area contributed by atoms with Crippen molar-refractivity contribution in [3.63, 3.8) is 0 Å². The topological polar surface area (TPSA) is 98.7 Å². The van der Waals surface area contributed by atoms with Crippen molar-refractivity contribution in [3.8, 4) is 0 Å². The number of amides is 1. The Morgan fingerprint density at radius 3 is 2.24 bits per heavy atom. The number of carbonyl (C=O) groups excluding carboxylic acids is 1. The van der Waals surface area contributed by atoms with Crippen molar-refractivity contribution < 1.29 is 19.8 Å². The number of rotatable bonds is 6. The summed E-state index contributed by atoms with van der Waals surface area (Å²) in [7, 11) is 0. The van der Waals surface area contributed by atoms with Crippen LogP contribution in [0.1, 0.15) is 20.8 Å². The van der Waals surface area contributed by atoms with Gasteiger partial charge in [-0.2, -0.15) is 0 Å². The van der Waals surface area contributed by atoms with E-state index in [1.807, 2.05) is 0 Å². The van der Waals surface area contributed by atoms with Crippen LogP contribution in [0.15, 0.2) is 41.6 Å². The fraction of sp³-hybridized carbons (Fsp3) is 0.333. The maximum Gasteiger partial charge on any atom is 0.343 e. The van der Waals surface area contributed by atoms with Gasteiger partial charge in [-0.3, -0.25) is 4.79 Å². The highest BCUT2D eigenvalue weighted by atomic mass is 16.4. The van der Waals surface area contributed by atoms with Crippen LogP contribution in [0.25, 0.3) is 0 Å². The number of carboxylic acid groups (broad SMARTS) is 1. The molecule has 0 heterocycles. The number of para-hydroxylation sites is 1. The van der Waals surface area contributed by atoms with E-state index in [1.165, 1.54) is 6.92 Å². The Hall–Kier alpha value is -2.34. The molecule has 1 aromatic carbocycles. The number of benzene rings is 1. The van der Waals surface area contributed by atoms with Gasteiger partial charge in [0.05, 0.1) is 5.60 Å². The van der Waals surface area contributed by atoms with Crippen molar-refractivity contribution in [2.75, 3.05) is 11.9 Å². The summed E-state index contributed by atoms with van der Waals surface area (Å²) in [6, 6.07) is 8.59. The molecule has 6 heteroatoms. The normalized spacial score (nSPS) is 12.4. The van der Waals surface area contributed by atoms with Gasteiger partial charge < -0.3 is 20.8 Å². The van der Waals surface area contributed by atoms with Gasteiger partial charge in [0.1, 0.15) is 5.57 Å². The van der Waals surface area contributed by atoms with Crippen molar-refractivity contribution in [2.24, 2.45) is 0 Å². The average molecular weight is 292 g/mol. The second kappa shape index (κ2) is 6.90. The van der Waals surface area contributed by atoms with Crippen LogP contribution >= 0.6 is 0 Å². The second-order valence-electron chi connectivity index (χ2n) is 5.29. The Kier molecular flexibility index (Phi) is 5.49. The summed E-state index contributed by atoms with van der Waals surface area (Å²) >= 11 is 0. The third-order valence-corrected chi connectivity index (χ3v) is 2.63. The van der Waals surface area contributed by atoms with Crippen LogP contribution in [0.4, 0.5) is 5.69 Å². The molecular weight excluding hydrogens is 272 g/mol. The largest absolute Gasteiger partial charge is 0.477 e. The number of hydrogen-bond donors (Lipinski definition) is 4. The molecule has 114 valence electrons. The lowest BCUT2D eigenvalue weighted by Gasteiger charge is -2.19. The predicted octanol–water partition coefficient (Wildman–Crippen LogP) is 1.34. The molecule has 0 saturated heterocycles. The van der Waals surface area contributed by atoms with E-state index < -0.39 is 17.5 Å². The zero-order valence-electron chi connectivity index (χ0n) is 12.3. The SMILES string of the molecule is C/C(NCC(C)(C)O)=C(\C(=O)O)C(=O)Nc1ccccc1. The highest BCUT2D eigenvalue weighted by Gasteiger charge is 2.22. The quantitative estimate of drug-likeness (QED) is 0.360. The summed E-state index contributed by atoms with van der Waals surface area (Å²) in [6.07, 6.45) is 0. The van der Waals surface area contributed by atoms with Crippen LogP contribution in [-0.4, -0.2) is 34.2 Å². The Bertz CT molecular complexity index is 545. The first-order valence-corrected chi connectivity index (χ1v) is 6.47. The molecule has 6 nitrogen and oxygen atoms in total. The maximum absolute atomic E-state index is 12.1. The maximum atomic E-state index is 12.1. The minimum absolute atomic E-state index is 0.133. The third kappa shape index (κ3) is 5.66. The highest BCUT2D eigenvalue weighted by Crippen LogP contribution is 2.10. The lowest BCUT2D eigenvalue weighted by Crippen LogP contribution is -2.35. The minimum atomic E-state index is -1.33. The van der Waals surface area contributed by atoms with Crippen LogP contribution < -0.4 is 10.6 Å². The van der Waals surface area contributed by atoms with Crippen LogP contribution in [0, 0.1) is 0 Å². The Balaban J connectivity index is 2.90. The van der Waals surface area contributed by atoms with Crippen molar-refractivity contribution in [1.82, 2.24) is 5.32 Å². The van der Waals surface area contributed by atoms with Gasteiger partial charge in [-0.05, 0) is 32.9 Å². The third-order valence-electron chi connectivity index (χ3n) is 2.63. The first-order valence-electron chi connectivity index (χ1n) is 6.47. The molecule has 4 N–H and O–H groups in total. The molecule has 0 aliphatic carbocycles. The summed E-state index contributed by atoms with van der Waals surface area (Å²) in [5, 5.41) is 24.1. The number of aliphatic carboxylic acids is 1.